The lowest BCUT2D eigenvalue weighted by molar-refractivity contribution is 0.0803. The van der Waals surface area contributed by atoms with E-state index in [1.165, 1.54) is 11.1 Å². The van der Waals surface area contributed by atoms with Crippen LogP contribution in [0.5, 0.6) is 0 Å². The molecule has 0 bridgehead atoms. The van der Waals surface area contributed by atoms with Crippen molar-refractivity contribution in [3.63, 3.8) is 0 Å². The first-order chi connectivity index (χ1) is 16.3. The standard InChI is InChI=1S/C27H37ClN4O2/c1-20(23-12-13-25(28)31(3)18-23)17-29-15-14-21-8-10-22(11-9-21)26(33)32(4)19-24-7-6-16-30(2)27(24)34-5/h6-13,20,29H,14-19H2,1-5H3. The highest BCUT2D eigenvalue weighted by Crippen LogP contribution is 2.21. The number of hydrogen-bond acceptors (Lipinski definition) is 5. The Morgan fingerprint density at radius 3 is 2.62 bits per heavy atom. The molecule has 1 unspecified atom stereocenters. The van der Waals surface area contributed by atoms with Crippen molar-refractivity contribution in [2.45, 2.75) is 13.3 Å². The topological polar surface area (TPSA) is 48.1 Å². The van der Waals surface area contributed by atoms with E-state index in [1.54, 1.807) is 12.0 Å². The molecule has 1 aromatic rings. The first-order valence-electron chi connectivity index (χ1n) is 11.8. The Morgan fingerprint density at radius 2 is 1.94 bits per heavy atom. The number of ether oxygens (including phenoxy) is 1. The van der Waals surface area contributed by atoms with E-state index in [-0.39, 0.29) is 5.91 Å². The van der Waals surface area contributed by atoms with Crippen molar-refractivity contribution in [2.24, 2.45) is 5.92 Å². The summed E-state index contributed by atoms with van der Waals surface area (Å²) in [5.74, 6) is 1.26. The Kier molecular flexibility index (Phi) is 9.25. The second-order valence-corrected chi connectivity index (χ2v) is 9.50. The normalized spacial score (nSPS) is 16.9. The number of benzene rings is 1. The summed E-state index contributed by atoms with van der Waals surface area (Å²) in [6.07, 6.45) is 9.14. The lowest BCUT2D eigenvalue weighted by atomic mass is 9.98. The van der Waals surface area contributed by atoms with E-state index >= 15 is 0 Å². The largest absolute Gasteiger partial charge is 0.482 e. The number of methoxy groups -OCH3 is 1. The maximum atomic E-state index is 12.9. The summed E-state index contributed by atoms with van der Waals surface area (Å²) in [5.41, 5.74) is 4.29. The molecular weight excluding hydrogens is 448 g/mol. The number of nitrogens with zero attached hydrogens (tertiary/aromatic N) is 3. The van der Waals surface area contributed by atoms with Gasteiger partial charge in [-0.3, -0.25) is 4.79 Å². The average molecular weight is 485 g/mol. The van der Waals surface area contributed by atoms with E-state index < -0.39 is 0 Å². The van der Waals surface area contributed by atoms with Crippen molar-refractivity contribution in [2.75, 3.05) is 61.0 Å². The fraction of sp³-hybridized carbons (Fsp3) is 0.444. The summed E-state index contributed by atoms with van der Waals surface area (Å²) in [5, 5.41) is 4.34. The fourth-order valence-electron chi connectivity index (χ4n) is 4.23. The van der Waals surface area contributed by atoms with Crippen LogP contribution in [0.2, 0.25) is 0 Å². The third-order valence-electron chi connectivity index (χ3n) is 6.36. The summed E-state index contributed by atoms with van der Waals surface area (Å²) >= 11 is 6.13. The minimum Gasteiger partial charge on any atom is -0.482 e. The van der Waals surface area contributed by atoms with Gasteiger partial charge in [-0.05, 0) is 48.2 Å². The average Bonchev–Trinajstić information content (AvgIpc) is 2.83. The highest BCUT2D eigenvalue weighted by molar-refractivity contribution is 6.29. The van der Waals surface area contributed by atoms with Crippen molar-refractivity contribution < 1.29 is 9.53 Å². The number of halogens is 1. The zero-order valence-corrected chi connectivity index (χ0v) is 21.7. The van der Waals surface area contributed by atoms with Crippen LogP contribution in [0.4, 0.5) is 0 Å². The van der Waals surface area contributed by atoms with Gasteiger partial charge in [0.25, 0.3) is 5.91 Å². The van der Waals surface area contributed by atoms with Crippen LogP contribution in [0.3, 0.4) is 0 Å². The van der Waals surface area contributed by atoms with Gasteiger partial charge in [0.1, 0.15) is 5.16 Å². The predicted molar refractivity (Wildman–Crippen MR) is 140 cm³/mol. The number of allylic oxidation sites excluding steroid dienone is 2. The molecule has 2 aliphatic heterocycles. The number of carbonyl (C=O) groups is 1. The highest BCUT2D eigenvalue weighted by atomic mass is 35.5. The molecule has 1 atom stereocenters. The molecule has 7 heteroatoms. The Balaban J connectivity index is 1.46. The second-order valence-electron chi connectivity index (χ2n) is 9.12. The molecule has 6 nitrogen and oxygen atoms in total. The summed E-state index contributed by atoms with van der Waals surface area (Å²) in [6.45, 7) is 6.24. The molecule has 0 fully saturated rings. The first kappa shape index (κ1) is 25.9. The summed E-state index contributed by atoms with van der Waals surface area (Å²) in [4.78, 5) is 18.8. The Morgan fingerprint density at radius 1 is 1.21 bits per heavy atom. The zero-order chi connectivity index (χ0) is 24.7. The maximum absolute atomic E-state index is 12.9. The van der Waals surface area contributed by atoms with Gasteiger partial charge in [-0.1, -0.05) is 48.9 Å². The Hall–Kier alpha value is -2.70. The van der Waals surface area contributed by atoms with E-state index in [9.17, 15) is 4.79 Å². The van der Waals surface area contributed by atoms with Crippen LogP contribution >= 0.6 is 11.6 Å². The molecular formula is C27H37ClN4O2. The monoisotopic (exact) mass is 484 g/mol. The number of amides is 1. The molecule has 1 aromatic carbocycles. The van der Waals surface area contributed by atoms with Crippen molar-refractivity contribution in [1.29, 1.82) is 0 Å². The number of carbonyl (C=O) groups excluding carboxylic acids is 1. The summed E-state index contributed by atoms with van der Waals surface area (Å²) in [6, 6.07) is 7.94. The van der Waals surface area contributed by atoms with Crippen molar-refractivity contribution in [1.82, 2.24) is 20.0 Å². The number of likely N-dealkylation sites (N-methyl/N-ethyl adjacent to an activating group) is 3. The Bertz CT molecular complexity index is 981. The van der Waals surface area contributed by atoms with Crippen molar-refractivity contribution in [3.8, 4) is 0 Å². The molecule has 3 rings (SSSR count). The van der Waals surface area contributed by atoms with Gasteiger partial charge in [0, 0.05) is 51.9 Å². The molecule has 0 saturated carbocycles. The molecule has 34 heavy (non-hydrogen) atoms. The van der Waals surface area contributed by atoms with E-state index in [4.69, 9.17) is 16.3 Å². The zero-order valence-electron chi connectivity index (χ0n) is 21.0. The van der Waals surface area contributed by atoms with Gasteiger partial charge < -0.3 is 24.8 Å². The van der Waals surface area contributed by atoms with Gasteiger partial charge in [-0.2, -0.15) is 0 Å². The van der Waals surface area contributed by atoms with Crippen LogP contribution in [-0.2, 0) is 11.2 Å². The molecule has 0 aromatic heterocycles. The summed E-state index contributed by atoms with van der Waals surface area (Å²) in [7, 11) is 7.49. The van der Waals surface area contributed by atoms with Gasteiger partial charge in [0.15, 0.2) is 5.88 Å². The van der Waals surface area contributed by atoms with E-state index in [2.05, 4.69) is 29.3 Å². The molecule has 1 amide bonds. The number of rotatable bonds is 10. The van der Waals surface area contributed by atoms with Crippen LogP contribution in [0, 0.1) is 5.92 Å². The molecule has 0 saturated heterocycles. The molecule has 2 aliphatic rings. The molecule has 0 radical (unpaired) electrons. The van der Waals surface area contributed by atoms with Gasteiger partial charge in [0.2, 0.25) is 0 Å². The van der Waals surface area contributed by atoms with Crippen LogP contribution in [0.1, 0.15) is 22.8 Å². The lowest BCUT2D eigenvalue weighted by Gasteiger charge is -2.27. The van der Waals surface area contributed by atoms with Gasteiger partial charge >= 0.3 is 0 Å². The minimum absolute atomic E-state index is 0.00274. The van der Waals surface area contributed by atoms with Crippen molar-refractivity contribution in [3.05, 3.63) is 81.9 Å². The molecule has 2 heterocycles. The third kappa shape index (κ3) is 6.67. The molecule has 184 valence electrons. The first-order valence-corrected chi connectivity index (χ1v) is 12.1. The van der Waals surface area contributed by atoms with E-state index in [0.717, 1.165) is 49.2 Å². The quantitative estimate of drug-likeness (QED) is 0.404. The third-order valence-corrected chi connectivity index (χ3v) is 6.78. The molecule has 1 N–H and O–H groups in total. The van der Waals surface area contributed by atoms with Crippen LogP contribution < -0.4 is 5.32 Å². The molecule has 0 aliphatic carbocycles. The Labute approximate surface area is 209 Å². The lowest BCUT2D eigenvalue weighted by Crippen LogP contribution is -2.32. The van der Waals surface area contributed by atoms with Crippen LogP contribution in [0.15, 0.2) is 70.8 Å². The highest BCUT2D eigenvalue weighted by Gasteiger charge is 2.19. The number of hydrogen-bond donors (Lipinski definition) is 1. The van der Waals surface area contributed by atoms with E-state index in [0.29, 0.717) is 18.0 Å². The van der Waals surface area contributed by atoms with Crippen LogP contribution in [-0.4, -0.2) is 81.6 Å². The maximum Gasteiger partial charge on any atom is 0.253 e. The van der Waals surface area contributed by atoms with E-state index in [1.807, 2.05) is 62.5 Å². The number of nitrogens with one attached hydrogen (secondary N) is 1. The van der Waals surface area contributed by atoms with Crippen LogP contribution in [0.25, 0.3) is 0 Å². The smallest absolute Gasteiger partial charge is 0.253 e. The van der Waals surface area contributed by atoms with Gasteiger partial charge in [-0.25, -0.2) is 0 Å². The van der Waals surface area contributed by atoms with Gasteiger partial charge in [-0.15, -0.1) is 0 Å². The molecule has 0 spiro atoms. The SMILES string of the molecule is COC1=C(CN(C)C(=O)c2ccc(CCNCC(C)C3=CC=C(Cl)N(C)C3)cc2)C=CCN1C. The second kappa shape index (κ2) is 12.1. The predicted octanol–water partition coefficient (Wildman–Crippen LogP) is 3.84. The van der Waals surface area contributed by atoms with Gasteiger partial charge in [0.05, 0.1) is 13.7 Å². The fourth-order valence-corrected chi connectivity index (χ4v) is 4.35. The minimum atomic E-state index is 0.00274. The van der Waals surface area contributed by atoms with Crippen molar-refractivity contribution >= 4 is 17.5 Å². The summed E-state index contributed by atoms with van der Waals surface area (Å²) < 4.78 is 5.52.